The molecule has 1 N–H and O–H groups in total. The highest BCUT2D eigenvalue weighted by Crippen LogP contribution is 2.25. The molecule has 6 heteroatoms. The largest absolute Gasteiger partial charge is 0.266 e. The first-order chi connectivity index (χ1) is 7.38. The maximum atomic E-state index is 11.2. The molecule has 0 aliphatic heterocycles. The van der Waals surface area contributed by atoms with E-state index in [1.807, 2.05) is 25.1 Å². The number of rotatable bonds is 2. The van der Waals surface area contributed by atoms with Crippen LogP contribution >= 0.6 is 0 Å². The van der Waals surface area contributed by atoms with Crippen LogP contribution in [0, 0.1) is 6.92 Å². The molecule has 0 bridgehead atoms. The van der Waals surface area contributed by atoms with Gasteiger partial charge in [-0.05, 0) is 18.6 Å². The van der Waals surface area contributed by atoms with Gasteiger partial charge < -0.3 is 0 Å². The summed E-state index contributed by atoms with van der Waals surface area (Å²) in [4.78, 5) is 0. The van der Waals surface area contributed by atoms with Crippen LogP contribution in [0.2, 0.25) is 0 Å². The van der Waals surface area contributed by atoms with Gasteiger partial charge in [-0.1, -0.05) is 12.1 Å². The fraction of sp³-hybridized carbons (Fsp3) is 0.300. The van der Waals surface area contributed by atoms with E-state index >= 15 is 0 Å². The molecule has 0 unspecified atom stereocenters. The SMILES string of the molecule is Cc1cccc2c1c(NS(C)(=O)=O)nn2C. The lowest BCUT2D eigenvalue weighted by atomic mass is 10.1. The molecule has 0 aliphatic rings. The minimum absolute atomic E-state index is 0.387. The molecule has 1 heterocycles. The molecule has 0 spiro atoms. The van der Waals surface area contributed by atoms with Crippen LogP contribution in [0.5, 0.6) is 0 Å². The van der Waals surface area contributed by atoms with Crippen LogP contribution in [0.25, 0.3) is 10.9 Å². The van der Waals surface area contributed by atoms with Gasteiger partial charge in [-0.2, -0.15) is 5.10 Å². The fourth-order valence-electron chi connectivity index (χ4n) is 1.73. The standard InChI is InChI=1S/C10H13N3O2S/c1-7-5-4-6-8-9(7)10(11-13(8)2)12-16(3,14)15/h4-6H,1-3H3,(H,11,12). The van der Waals surface area contributed by atoms with Crippen molar-refractivity contribution in [1.82, 2.24) is 9.78 Å². The minimum Gasteiger partial charge on any atom is -0.266 e. The summed E-state index contributed by atoms with van der Waals surface area (Å²) in [5.74, 6) is 0.387. The van der Waals surface area contributed by atoms with Crippen molar-refractivity contribution in [1.29, 1.82) is 0 Å². The quantitative estimate of drug-likeness (QED) is 0.858. The monoisotopic (exact) mass is 239 g/mol. The first-order valence-electron chi connectivity index (χ1n) is 4.78. The average molecular weight is 239 g/mol. The first-order valence-corrected chi connectivity index (χ1v) is 6.68. The van der Waals surface area contributed by atoms with Gasteiger partial charge in [-0.25, -0.2) is 8.42 Å². The Hall–Kier alpha value is -1.56. The molecular weight excluding hydrogens is 226 g/mol. The van der Waals surface area contributed by atoms with Crippen molar-refractivity contribution in [3.05, 3.63) is 23.8 Å². The highest BCUT2D eigenvalue weighted by atomic mass is 32.2. The normalized spacial score (nSPS) is 11.9. The van der Waals surface area contributed by atoms with Crippen LogP contribution in [0.1, 0.15) is 5.56 Å². The predicted octanol–water partition coefficient (Wildman–Crippen LogP) is 1.25. The van der Waals surface area contributed by atoms with E-state index < -0.39 is 10.0 Å². The smallest absolute Gasteiger partial charge is 0.231 e. The number of sulfonamides is 1. The lowest BCUT2D eigenvalue weighted by Gasteiger charge is -2.01. The van der Waals surface area contributed by atoms with E-state index in [0.29, 0.717) is 5.82 Å². The summed E-state index contributed by atoms with van der Waals surface area (Å²) in [6, 6.07) is 5.75. The summed E-state index contributed by atoms with van der Waals surface area (Å²) >= 11 is 0. The molecule has 0 saturated carbocycles. The predicted molar refractivity (Wildman–Crippen MR) is 63.9 cm³/mol. The number of hydrogen-bond donors (Lipinski definition) is 1. The second-order valence-electron chi connectivity index (χ2n) is 3.82. The zero-order chi connectivity index (χ0) is 11.9. The van der Waals surface area contributed by atoms with E-state index in [1.54, 1.807) is 11.7 Å². The maximum absolute atomic E-state index is 11.2. The molecule has 2 rings (SSSR count). The Kier molecular flexibility index (Phi) is 2.38. The van der Waals surface area contributed by atoms with E-state index in [0.717, 1.165) is 22.7 Å². The van der Waals surface area contributed by atoms with Gasteiger partial charge in [0, 0.05) is 12.4 Å². The van der Waals surface area contributed by atoms with E-state index in [1.165, 1.54) is 0 Å². The van der Waals surface area contributed by atoms with Gasteiger partial charge >= 0.3 is 0 Å². The van der Waals surface area contributed by atoms with Gasteiger partial charge in [0.2, 0.25) is 10.0 Å². The van der Waals surface area contributed by atoms with Crippen LogP contribution in [-0.2, 0) is 17.1 Å². The zero-order valence-electron chi connectivity index (χ0n) is 9.35. The number of nitrogens with zero attached hydrogens (tertiary/aromatic N) is 2. The lowest BCUT2D eigenvalue weighted by molar-refractivity contribution is 0.606. The van der Waals surface area contributed by atoms with E-state index in [2.05, 4.69) is 9.82 Å². The minimum atomic E-state index is -3.30. The molecule has 0 aliphatic carbocycles. The maximum Gasteiger partial charge on any atom is 0.231 e. The highest BCUT2D eigenvalue weighted by molar-refractivity contribution is 7.92. The topological polar surface area (TPSA) is 64.0 Å². The summed E-state index contributed by atoms with van der Waals surface area (Å²) < 4.78 is 26.5. The summed E-state index contributed by atoms with van der Waals surface area (Å²) in [5, 5.41) is 5.01. The van der Waals surface area contributed by atoms with Crippen LogP contribution in [0.4, 0.5) is 5.82 Å². The van der Waals surface area contributed by atoms with Crippen molar-refractivity contribution in [3.63, 3.8) is 0 Å². The van der Waals surface area contributed by atoms with Crippen molar-refractivity contribution in [2.75, 3.05) is 11.0 Å². The molecule has 1 aromatic heterocycles. The fourth-order valence-corrected chi connectivity index (χ4v) is 2.23. The Labute approximate surface area is 94.1 Å². The van der Waals surface area contributed by atoms with Crippen molar-refractivity contribution >= 4 is 26.7 Å². The molecular formula is C10H13N3O2S. The third-order valence-corrected chi connectivity index (χ3v) is 2.93. The third-order valence-electron chi connectivity index (χ3n) is 2.37. The molecule has 0 atom stereocenters. The molecule has 1 aromatic carbocycles. The number of hydrogen-bond acceptors (Lipinski definition) is 3. The van der Waals surface area contributed by atoms with Crippen LogP contribution < -0.4 is 4.72 Å². The summed E-state index contributed by atoms with van der Waals surface area (Å²) in [7, 11) is -1.51. The van der Waals surface area contributed by atoms with Gasteiger partial charge in [-0.3, -0.25) is 9.40 Å². The number of aryl methyl sites for hydroxylation is 2. The lowest BCUT2D eigenvalue weighted by Crippen LogP contribution is -2.10. The van der Waals surface area contributed by atoms with Crippen LogP contribution in [0.3, 0.4) is 0 Å². The Bertz CT molecular complexity index is 643. The van der Waals surface area contributed by atoms with Crippen molar-refractivity contribution in [2.24, 2.45) is 7.05 Å². The Balaban J connectivity index is 2.71. The molecule has 0 amide bonds. The Morgan fingerprint density at radius 1 is 1.38 bits per heavy atom. The summed E-state index contributed by atoms with van der Waals surface area (Å²) in [6.45, 7) is 1.93. The van der Waals surface area contributed by atoms with Crippen molar-refractivity contribution in [2.45, 2.75) is 6.92 Å². The molecule has 0 saturated heterocycles. The number of anilines is 1. The van der Waals surface area contributed by atoms with E-state index in [9.17, 15) is 8.42 Å². The van der Waals surface area contributed by atoms with E-state index in [4.69, 9.17) is 0 Å². The van der Waals surface area contributed by atoms with E-state index in [-0.39, 0.29) is 0 Å². The van der Waals surface area contributed by atoms with Gasteiger partial charge in [-0.15, -0.1) is 0 Å². The van der Waals surface area contributed by atoms with Crippen LogP contribution in [0.15, 0.2) is 18.2 Å². The first kappa shape index (κ1) is 10.9. The Morgan fingerprint density at radius 2 is 2.06 bits per heavy atom. The second kappa shape index (κ2) is 3.48. The molecule has 86 valence electrons. The number of benzene rings is 1. The summed E-state index contributed by atoms with van der Waals surface area (Å²) in [5.41, 5.74) is 1.91. The highest BCUT2D eigenvalue weighted by Gasteiger charge is 2.13. The molecule has 0 fully saturated rings. The van der Waals surface area contributed by atoms with Gasteiger partial charge in [0.15, 0.2) is 5.82 Å². The number of aromatic nitrogens is 2. The molecule has 2 aromatic rings. The second-order valence-corrected chi connectivity index (χ2v) is 5.56. The average Bonchev–Trinajstić information content (AvgIpc) is 2.42. The Morgan fingerprint density at radius 3 is 2.69 bits per heavy atom. The molecule has 16 heavy (non-hydrogen) atoms. The van der Waals surface area contributed by atoms with Crippen molar-refractivity contribution in [3.8, 4) is 0 Å². The van der Waals surface area contributed by atoms with Crippen molar-refractivity contribution < 1.29 is 8.42 Å². The summed E-state index contributed by atoms with van der Waals surface area (Å²) in [6.07, 6.45) is 1.12. The number of nitrogens with one attached hydrogen (secondary N) is 1. The van der Waals surface area contributed by atoms with Crippen LogP contribution in [-0.4, -0.2) is 24.5 Å². The molecule has 5 nitrogen and oxygen atoms in total. The van der Waals surface area contributed by atoms with Gasteiger partial charge in [0.1, 0.15) is 0 Å². The molecule has 0 radical (unpaired) electrons. The van der Waals surface area contributed by atoms with Gasteiger partial charge in [0.25, 0.3) is 0 Å². The third kappa shape index (κ3) is 1.88. The number of fused-ring (bicyclic) bond motifs is 1. The zero-order valence-corrected chi connectivity index (χ0v) is 10.2. The van der Waals surface area contributed by atoms with Gasteiger partial charge in [0.05, 0.1) is 11.8 Å².